The molecule has 0 spiro atoms. The third-order valence-corrected chi connectivity index (χ3v) is 4.57. The zero-order valence-electron chi connectivity index (χ0n) is 16.4. The number of hydrogen-bond acceptors (Lipinski definition) is 5. The molecule has 7 heteroatoms. The fraction of sp³-hybridized carbons (Fsp3) is 0.273. The Labute approximate surface area is 168 Å². The number of fused-ring (bicyclic) bond motifs is 1. The van der Waals surface area contributed by atoms with Gasteiger partial charge in [0.05, 0.1) is 36.6 Å². The van der Waals surface area contributed by atoms with Gasteiger partial charge in [0.25, 0.3) is 5.56 Å². The fourth-order valence-corrected chi connectivity index (χ4v) is 3.23. The van der Waals surface area contributed by atoms with Crippen LogP contribution in [-0.4, -0.2) is 28.3 Å². The highest BCUT2D eigenvalue weighted by molar-refractivity contribution is 5.88. The molecule has 1 atom stereocenters. The molecule has 29 heavy (non-hydrogen) atoms. The van der Waals surface area contributed by atoms with E-state index in [9.17, 15) is 14.4 Å². The van der Waals surface area contributed by atoms with Gasteiger partial charge in [0.2, 0.25) is 5.91 Å². The number of benzene rings is 2. The number of hydrogen-bond donors (Lipinski definition) is 1. The lowest BCUT2D eigenvalue weighted by Crippen LogP contribution is -2.32. The lowest BCUT2D eigenvalue weighted by molar-refractivity contribution is -0.143. The van der Waals surface area contributed by atoms with Gasteiger partial charge in [-0.15, -0.1) is 0 Å². The first-order chi connectivity index (χ1) is 14.0. The fourth-order valence-electron chi connectivity index (χ4n) is 3.23. The summed E-state index contributed by atoms with van der Waals surface area (Å²) in [5.41, 5.74) is 1.10. The van der Waals surface area contributed by atoms with Crippen LogP contribution in [0.5, 0.6) is 0 Å². The van der Waals surface area contributed by atoms with E-state index in [1.54, 1.807) is 38.2 Å². The monoisotopic (exact) mass is 393 g/mol. The van der Waals surface area contributed by atoms with Gasteiger partial charge < -0.3 is 10.1 Å². The maximum absolute atomic E-state index is 12.8. The molecule has 0 aliphatic rings. The predicted molar refractivity (Wildman–Crippen MR) is 109 cm³/mol. The summed E-state index contributed by atoms with van der Waals surface area (Å²) in [6.45, 7) is 2.02. The predicted octanol–water partition coefficient (Wildman–Crippen LogP) is 2.29. The SMILES string of the molecule is CCOC(=O)CC(NC(=O)Cc1nn(C)c(=O)c2ccccc12)c1ccccc1. The van der Waals surface area contributed by atoms with E-state index in [1.807, 2.05) is 30.3 Å². The van der Waals surface area contributed by atoms with Gasteiger partial charge >= 0.3 is 5.97 Å². The van der Waals surface area contributed by atoms with Crippen LogP contribution in [0.2, 0.25) is 0 Å². The first kappa shape index (κ1) is 20.3. The molecule has 0 saturated carbocycles. The number of aryl methyl sites for hydroxylation is 1. The molecular weight excluding hydrogens is 370 g/mol. The lowest BCUT2D eigenvalue weighted by atomic mass is 10.0. The Morgan fingerprint density at radius 1 is 1.07 bits per heavy atom. The van der Waals surface area contributed by atoms with E-state index in [0.29, 0.717) is 16.5 Å². The van der Waals surface area contributed by atoms with E-state index in [4.69, 9.17) is 4.74 Å². The molecule has 0 saturated heterocycles. The molecule has 1 aromatic heterocycles. The number of carbonyl (C=O) groups excluding carboxylic acids is 2. The molecule has 0 fully saturated rings. The van der Waals surface area contributed by atoms with Crippen LogP contribution in [0.3, 0.4) is 0 Å². The summed E-state index contributed by atoms with van der Waals surface area (Å²) in [7, 11) is 1.56. The van der Waals surface area contributed by atoms with E-state index in [-0.39, 0.29) is 36.9 Å². The van der Waals surface area contributed by atoms with Crippen LogP contribution < -0.4 is 10.9 Å². The molecule has 2 aromatic carbocycles. The molecule has 1 N–H and O–H groups in total. The summed E-state index contributed by atoms with van der Waals surface area (Å²) in [5, 5.41) is 8.32. The Bertz CT molecular complexity index is 1080. The molecule has 1 unspecified atom stereocenters. The molecule has 0 aliphatic heterocycles. The summed E-state index contributed by atoms with van der Waals surface area (Å²) in [4.78, 5) is 37.0. The average Bonchev–Trinajstić information content (AvgIpc) is 2.72. The maximum atomic E-state index is 12.8. The number of rotatable bonds is 7. The average molecular weight is 393 g/mol. The van der Waals surface area contributed by atoms with E-state index in [0.717, 1.165) is 5.56 Å². The summed E-state index contributed by atoms with van der Waals surface area (Å²) < 4.78 is 6.27. The zero-order chi connectivity index (χ0) is 20.8. The largest absolute Gasteiger partial charge is 0.466 e. The number of esters is 1. The molecule has 3 aromatic rings. The Morgan fingerprint density at radius 3 is 2.41 bits per heavy atom. The Balaban J connectivity index is 1.84. The lowest BCUT2D eigenvalue weighted by Gasteiger charge is -2.19. The number of carbonyl (C=O) groups is 2. The third-order valence-electron chi connectivity index (χ3n) is 4.57. The molecule has 150 valence electrons. The van der Waals surface area contributed by atoms with Crippen LogP contribution in [0, 0.1) is 0 Å². The van der Waals surface area contributed by atoms with Crippen molar-refractivity contribution in [2.24, 2.45) is 7.05 Å². The van der Waals surface area contributed by atoms with Crippen molar-refractivity contribution in [3.63, 3.8) is 0 Å². The molecule has 0 aliphatic carbocycles. The van der Waals surface area contributed by atoms with Crippen LogP contribution in [0.4, 0.5) is 0 Å². The van der Waals surface area contributed by atoms with Crippen LogP contribution in [0.1, 0.15) is 30.6 Å². The summed E-state index contributed by atoms with van der Waals surface area (Å²) in [6.07, 6.45) is 0.0197. The van der Waals surface area contributed by atoms with Gasteiger partial charge in [0, 0.05) is 12.4 Å². The molecule has 7 nitrogen and oxygen atoms in total. The van der Waals surface area contributed by atoms with E-state index >= 15 is 0 Å². The molecule has 1 heterocycles. The van der Waals surface area contributed by atoms with Crippen molar-refractivity contribution in [1.82, 2.24) is 15.1 Å². The van der Waals surface area contributed by atoms with Crippen molar-refractivity contribution >= 4 is 22.6 Å². The quantitative estimate of drug-likeness (QED) is 0.622. The van der Waals surface area contributed by atoms with Gasteiger partial charge in [-0.05, 0) is 18.6 Å². The van der Waals surface area contributed by atoms with Gasteiger partial charge in [0.1, 0.15) is 0 Å². The van der Waals surface area contributed by atoms with E-state index < -0.39 is 6.04 Å². The first-order valence-corrected chi connectivity index (χ1v) is 9.44. The maximum Gasteiger partial charge on any atom is 0.308 e. The molecule has 3 rings (SSSR count). The number of nitrogens with zero attached hydrogens (tertiary/aromatic N) is 2. The highest BCUT2D eigenvalue weighted by atomic mass is 16.5. The Kier molecular flexibility index (Phi) is 6.39. The number of aromatic nitrogens is 2. The van der Waals surface area contributed by atoms with Gasteiger partial charge in [-0.3, -0.25) is 14.4 Å². The second-order valence-corrected chi connectivity index (χ2v) is 6.64. The van der Waals surface area contributed by atoms with Crippen molar-refractivity contribution in [3.05, 3.63) is 76.2 Å². The standard InChI is InChI=1S/C22H23N3O4/c1-3-29-21(27)14-18(15-9-5-4-6-10-15)23-20(26)13-19-16-11-7-8-12-17(16)22(28)25(2)24-19/h4-12,18H,3,13-14H2,1-2H3,(H,23,26). The molecule has 1 amide bonds. The number of amides is 1. The Hall–Kier alpha value is -3.48. The second kappa shape index (κ2) is 9.14. The van der Waals surface area contributed by atoms with Crippen LogP contribution in [-0.2, 0) is 27.8 Å². The molecule has 0 bridgehead atoms. The highest BCUT2D eigenvalue weighted by Gasteiger charge is 2.20. The molecule has 0 radical (unpaired) electrons. The van der Waals surface area contributed by atoms with Crippen LogP contribution >= 0.6 is 0 Å². The normalized spacial score (nSPS) is 11.8. The zero-order valence-corrected chi connectivity index (χ0v) is 16.4. The van der Waals surface area contributed by atoms with Gasteiger partial charge in [-0.2, -0.15) is 5.10 Å². The summed E-state index contributed by atoms with van der Waals surface area (Å²) >= 11 is 0. The van der Waals surface area contributed by atoms with Crippen LogP contribution in [0.25, 0.3) is 10.8 Å². The van der Waals surface area contributed by atoms with Crippen molar-refractivity contribution in [1.29, 1.82) is 0 Å². The minimum atomic E-state index is -0.512. The summed E-state index contributed by atoms with van der Waals surface area (Å²) in [5.74, 6) is -0.674. The van der Waals surface area contributed by atoms with Crippen LogP contribution in [0.15, 0.2) is 59.4 Å². The highest BCUT2D eigenvalue weighted by Crippen LogP contribution is 2.19. The topological polar surface area (TPSA) is 90.3 Å². The number of nitrogens with one attached hydrogen (secondary N) is 1. The van der Waals surface area contributed by atoms with Gasteiger partial charge in [-0.25, -0.2) is 4.68 Å². The third kappa shape index (κ3) is 4.87. The Morgan fingerprint density at radius 2 is 1.72 bits per heavy atom. The smallest absolute Gasteiger partial charge is 0.308 e. The van der Waals surface area contributed by atoms with Crippen molar-refractivity contribution in [3.8, 4) is 0 Å². The van der Waals surface area contributed by atoms with Crippen molar-refractivity contribution in [2.45, 2.75) is 25.8 Å². The minimum absolute atomic E-state index is 0.0131. The van der Waals surface area contributed by atoms with E-state index in [2.05, 4.69) is 10.4 Å². The molecular formula is C22H23N3O4. The first-order valence-electron chi connectivity index (χ1n) is 9.44. The van der Waals surface area contributed by atoms with E-state index in [1.165, 1.54) is 4.68 Å². The minimum Gasteiger partial charge on any atom is -0.466 e. The second-order valence-electron chi connectivity index (χ2n) is 6.64. The van der Waals surface area contributed by atoms with Crippen molar-refractivity contribution < 1.29 is 14.3 Å². The number of ether oxygens (including phenoxy) is 1. The van der Waals surface area contributed by atoms with Gasteiger partial charge in [0.15, 0.2) is 0 Å². The summed E-state index contributed by atoms with van der Waals surface area (Å²) in [6, 6.07) is 15.8. The van der Waals surface area contributed by atoms with Crippen molar-refractivity contribution in [2.75, 3.05) is 6.61 Å². The van der Waals surface area contributed by atoms with Gasteiger partial charge in [-0.1, -0.05) is 48.5 Å².